The summed E-state index contributed by atoms with van der Waals surface area (Å²) in [7, 11) is 0. The lowest BCUT2D eigenvalue weighted by molar-refractivity contribution is 0.143. The highest BCUT2D eigenvalue weighted by Gasteiger charge is 2.22. The van der Waals surface area contributed by atoms with Crippen LogP contribution in [0.25, 0.3) is 0 Å². The summed E-state index contributed by atoms with van der Waals surface area (Å²) < 4.78 is 27.3. The van der Waals surface area contributed by atoms with E-state index in [-0.39, 0.29) is 29.1 Å². The predicted octanol–water partition coefficient (Wildman–Crippen LogP) is 2.92. The fourth-order valence-corrected chi connectivity index (χ4v) is 2.86. The molecule has 1 saturated heterocycles. The Balaban J connectivity index is 2.00. The van der Waals surface area contributed by atoms with Gasteiger partial charge in [-0.3, -0.25) is 0 Å². The van der Waals surface area contributed by atoms with E-state index in [9.17, 15) is 13.6 Å². The largest absolute Gasteiger partial charge is 0.396 e. The van der Waals surface area contributed by atoms with Crippen LogP contribution in [-0.4, -0.2) is 42.0 Å². The molecule has 0 saturated carbocycles. The number of amides is 2. The number of carbonyl (C=O) groups excluding carboxylic acids is 1. The van der Waals surface area contributed by atoms with Gasteiger partial charge < -0.3 is 15.3 Å². The molecule has 0 aromatic heterocycles. The smallest absolute Gasteiger partial charge is 0.321 e. The molecule has 1 fully saturated rings. The van der Waals surface area contributed by atoms with Gasteiger partial charge in [-0.25, -0.2) is 13.6 Å². The van der Waals surface area contributed by atoms with Gasteiger partial charge in [-0.1, -0.05) is 0 Å². The van der Waals surface area contributed by atoms with Crippen LogP contribution in [0.4, 0.5) is 19.3 Å². The first-order valence-electron chi connectivity index (χ1n) is 6.75. The summed E-state index contributed by atoms with van der Waals surface area (Å²) in [6.07, 6.45) is 3.06. The van der Waals surface area contributed by atoms with Crippen LogP contribution in [0.5, 0.6) is 0 Å². The molecule has 2 N–H and O–H groups in total. The molecule has 1 aromatic rings. The number of halogens is 2. The molecule has 0 unspecified atom stereocenters. The Labute approximate surface area is 126 Å². The molecular weight excluding hydrogens is 298 g/mol. The lowest BCUT2D eigenvalue weighted by Crippen LogP contribution is -2.41. The van der Waals surface area contributed by atoms with Gasteiger partial charge in [0.1, 0.15) is 11.6 Å². The van der Waals surface area contributed by atoms with E-state index in [1.165, 1.54) is 0 Å². The molecule has 1 heterocycles. The molecule has 0 radical (unpaired) electrons. The standard InChI is InChI=1S/C14H18F2N2O2S/c1-21-13-11(15)6-10(7-12(13)16)17-14(20)18-4-2-9(8-19)3-5-18/h6-7,9,19H,2-5,8H2,1H3,(H,17,20). The van der Waals surface area contributed by atoms with E-state index in [2.05, 4.69) is 5.32 Å². The maximum absolute atomic E-state index is 13.6. The zero-order valence-electron chi connectivity index (χ0n) is 11.7. The summed E-state index contributed by atoms with van der Waals surface area (Å²) in [4.78, 5) is 13.6. The fourth-order valence-electron chi connectivity index (χ4n) is 2.35. The minimum Gasteiger partial charge on any atom is -0.396 e. The first-order chi connectivity index (χ1) is 10.0. The van der Waals surface area contributed by atoms with E-state index < -0.39 is 11.6 Å². The van der Waals surface area contributed by atoms with Crippen LogP contribution >= 0.6 is 11.8 Å². The highest BCUT2D eigenvalue weighted by atomic mass is 32.2. The Kier molecular flexibility index (Phi) is 5.41. The van der Waals surface area contributed by atoms with E-state index in [0.717, 1.165) is 36.7 Å². The third kappa shape index (κ3) is 3.85. The number of hydrogen-bond acceptors (Lipinski definition) is 3. The number of likely N-dealkylation sites (tertiary alicyclic amines) is 1. The molecule has 1 aromatic carbocycles. The van der Waals surface area contributed by atoms with Crippen LogP contribution < -0.4 is 5.32 Å². The molecule has 0 bridgehead atoms. The van der Waals surface area contributed by atoms with Crippen LogP contribution in [0.1, 0.15) is 12.8 Å². The van der Waals surface area contributed by atoms with E-state index in [0.29, 0.717) is 13.1 Å². The first-order valence-corrected chi connectivity index (χ1v) is 7.97. The van der Waals surface area contributed by atoms with Crippen molar-refractivity contribution < 1.29 is 18.7 Å². The molecule has 2 amide bonds. The maximum Gasteiger partial charge on any atom is 0.321 e. The van der Waals surface area contributed by atoms with Crippen molar-refractivity contribution in [2.24, 2.45) is 5.92 Å². The molecule has 21 heavy (non-hydrogen) atoms. The Hall–Kier alpha value is -1.34. The number of hydrogen-bond donors (Lipinski definition) is 2. The van der Waals surface area contributed by atoms with Gasteiger partial charge in [0, 0.05) is 25.4 Å². The van der Waals surface area contributed by atoms with Crippen LogP contribution in [0.15, 0.2) is 17.0 Å². The number of piperidine rings is 1. The summed E-state index contributed by atoms with van der Waals surface area (Å²) in [5.41, 5.74) is 0.108. The minimum atomic E-state index is -0.684. The molecule has 0 spiro atoms. The van der Waals surface area contributed by atoms with Crippen LogP contribution in [0.3, 0.4) is 0 Å². The Morgan fingerprint density at radius 3 is 2.43 bits per heavy atom. The van der Waals surface area contributed by atoms with Crippen molar-refractivity contribution in [3.8, 4) is 0 Å². The molecule has 7 heteroatoms. The number of nitrogens with one attached hydrogen (secondary N) is 1. The number of thioether (sulfide) groups is 1. The number of aliphatic hydroxyl groups is 1. The van der Waals surface area contributed by atoms with E-state index in [1.54, 1.807) is 11.2 Å². The van der Waals surface area contributed by atoms with Crippen LogP contribution in [0, 0.1) is 17.6 Å². The molecule has 2 rings (SSSR count). The zero-order valence-corrected chi connectivity index (χ0v) is 12.6. The Morgan fingerprint density at radius 2 is 1.95 bits per heavy atom. The van der Waals surface area contributed by atoms with Gasteiger partial charge in [0.05, 0.1) is 4.90 Å². The average Bonchev–Trinajstić information content (AvgIpc) is 2.47. The minimum absolute atomic E-state index is 0.0586. The number of anilines is 1. The molecule has 4 nitrogen and oxygen atoms in total. The van der Waals surface area contributed by atoms with Gasteiger partial charge in [0.25, 0.3) is 0 Å². The van der Waals surface area contributed by atoms with Crippen molar-refractivity contribution in [1.29, 1.82) is 0 Å². The van der Waals surface area contributed by atoms with Crippen LogP contribution in [0.2, 0.25) is 0 Å². The molecule has 0 aliphatic carbocycles. The number of nitrogens with zero attached hydrogens (tertiary/aromatic N) is 1. The summed E-state index contributed by atoms with van der Waals surface area (Å²) in [5.74, 6) is -1.14. The lowest BCUT2D eigenvalue weighted by Gasteiger charge is -2.31. The van der Waals surface area contributed by atoms with Gasteiger partial charge in [0.15, 0.2) is 0 Å². The van der Waals surface area contributed by atoms with Gasteiger partial charge in [-0.05, 0) is 37.1 Å². The average molecular weight is 316 g/mol. The van der Waals surface area contributed by atoms with Gasteiger partial charge in [-0.2, -0.15) is 0 Å². The van der Waals surface area contributed by atoms with Crippen molar-refractivity contribution in [3.05, 3.63) is 23.8 Å². The second-order valence-electron chi connectivity index (χ2n) is 5.02. The normalized spacial score (nSPS) is 16.1. The predicted molar refractivity (Wildman–Crippen MR) is 78.5 cm³/mol. The maximum atomic E-state index is 13.6. The monoisotopic (exact) mass is 316 g/mol. The van der Waals surface area contributed by atoms with Gasteiger partial charge >= 0.3 is 6.03 Å². The highest BCUT2D eigenvalue weighted by Crippen LogP contribution is 2.26. The number of rotatable bonds is 3. The number of benzene rings is 1. The van der Waals surface area contributed by atoms with Crippen molar-refractivity contribution >= 4 is 23.5 Å². The van der Waals surface area contributed by atoms with Crippen molar-refractivity contribution in [3.63, 3.8) is 0 Å². The van der Waals surface area contributed by atoms with Crippen molar-refractivity contribution in [1.82, 2.24) is 4.90 Å². The SMILES string of the molecule is CSc1c(F)cc(NC(=O)N2CCC(CO)CC2)cc1F. The number of aliphatic hydroxyl groups excluding tert-OH is 1. The summed E-state index contributed by atoms with van der Waals surface area (Å²) >= 11 is 0.984. The molecule has 1 aliphatic rings. The van der Waals surface area contributed by atoms with Crippen molar-refractivity contribution in [2.45, 2.75) is 17.7 Å². The molecule has 1 aliphatic heterocycles. The molecule has 116 valence electrons. The lowest BCUT2D eigenvalue weighted by atomic mass is 9.98. The second-order valence-corrected chi connectivity index (χ2v) is 5.83. The Morgan fingerprint density at radius 1 is 1.38 bits per heavy atom. The third-order valence-electron chi connectivity index (χ3n) is 3.61. The van der Waals surface area contributed by atoms with Gasteiger partial charge in [0.2, 0.25) is 0 Å². The molecule has 0 atom stereocenters. The van der Waals surface area contributed by atoms with E-state index >= 15 is 0 Å². The number of urea groups is 1. The van der Waals surface area contributed by atoms with E-state index in [1.807, 2.05) is 0 Å². The summed E-state index contributed by atoms with van der Waals surface area (Å²) in [5, 5.41) is 11.6. The van der Waals surface area contributed by atoms with E-state index in [4.69, 9.17) is 5.11 Å². The van der Waals surface area contributed by atoms with Crippen LogP contribution in [-0.2, 0) is 0 Å². The Bertz CT molecular complexity index is 497. The topological polar surface area (TPSA) is 52.6 Å². The number of carbonyl (C=O) groups is 1. The summed E-state index contributed by atoms with van der Waals surface area (Å²) in [6.45, 7) is 1.19. The first kappa shape index (κ1) is 16.0. The summed E-state index contributed by atoms with van der Waals surface area (Å²) in [6, 6.07) is 1.86. The fraction of sp³-hybridized carbons (Fsp3) is 0.500. The third-order valence-corrected chi connectivity index (χ3v) is 4.41. The molecular formula is C14H18F2N2O2S. The highest BCUT2D eigenvalue weighted by molar-refractivity contribution is 7.98. The van der Waals surface area contributed by atoms with Crippen molar-refractivity contribution in [2.75, 3.05) is 31.3 Å². The van der Waals surface area contributed by atoms with Gasteiger partial charge in [-0.15, -0.1) is 11.8 Å². The zero-order chi connectivity index (χ0) is 15.4. The second kappa shape index (κ2) is 7.09. The quantitative estimate of drug-likeness (QED) is 0.843.